The van der Waals surface area contributed by atoms with Gasteiger partial charge in [-0.3, -0.25) is 4.79 Å². The number of carbonyl (C=O) groups excluding carboxylic acids is 1. The molecule has 2 aromatic carbocycles. The van der Waals surface area contributed by atoms with Crippen LogP contribution in [0.5, 0.6) is 5.75 Å². The number of fused-ring (bicyclic) bond motifs is 3. The number of halogens is 1. The first-order chi connectivity index (χ1) is 13.1. The van der Waals surface area contributed by atoms with Crippen LogP contribution in [0.1, 0.15) is 24.0 Å². The SMILES string of the molecule is O=C(COc1ccc2c3c(c(=O)oc2c1)CCCC3)Nc1ccc(Cl)cc1. The lowest BCUT2D eigenvalue weighted by Crippen LogP contribution is -2.20. The molecule has 1 amide bonds. The molecule has 1 heterocycles. The maximum absolute atomic E-state index is 12.2. The van der Waals surface area contributed by atoms with E-state index in [0.717, 1.165) is 42.2 Å². The molecule has 6 heteroatoms. The van der Waals surface area contributed by atoms with Crippen LogP contribution in [-0.2, 0) is 17.6 Å². The van der Waals surface area contributed by atoms with Gasteiger partial charge in [-0.1, -0.05) is 11.6 Å². The Morgan fingerprint density at radius 2 is 1.81 bits per heavy atom. The highest BCUT2D eigenvalue weighted by molar-refractivity contribution is 6.30. The Balaban J connectivity index is 1.48. The third-order valence-electron chi connectivity index (χ3n) is 4.69. The molecule has 0 atom stereocenters. The Morgan fingerprint density at radius 1 is 1.07 bits per heavy atom. The second-order valence-corrected chi connectivity index (χ2v) is 6.99. The summed E-state index contributed by atoms with van der Waals surface area (Å²) in [4.78, 5) is 24.2. The predicted molar refractivity (Wildman–Crippen MR) is 105 cm³/mol. The molecule has 5 nitrogen and oxygen atoms in total. The summed E-state index contributed by atoms with van der Waals surface area (Å²) in [5, 5.41) is 4.28. The Morgan fingerprint density at radius 3 is 2.59 bits per heavy atom. The first kappa shape index (κ1) is 17.6. The molecule has 1 aromatic heterocycles. The van der Waals surface area contributed by atoms with E-state index >= 15 is 0 Å². The third kappa shape index (κ3) is 3.83. The fourth-order valence-electron chi connectivity index (χ4n) is 3.39. The topological polar surface area (TPSA) is 68.5 Å². The molecule has 138 valence electrons. The number of hydrogen-bond acceptors (Lipinski definition) is 4. The van der Waals surface area contributed by atoms with Crippen LogP contribution in [0.4, 0.5) is 5.69 Å². The van der Waals surface area contributed by atoms with E-state index in [0.29, 0.717) is 22.0 Å². The minimum Gasteiger partial charge on any atom is -0.484 e. The van der Waals surface area contributed by atoms with Crippen molar-refractivity contribution in [1.29, 1.82) is 0 Å². The number of aryl methyl sites for hydroxylation is 1. The molecule has 1 aliphatic rings. The number of ether oxygens (including phenoxy) is 1. The first-order valence-electron chi connectivity index (χ1n) is 8.87. The molecule has 0 saturated heterocycles. The lowest BCUT2D eigenvalue weighted by molar-refractivity contribution is -0.118. The summed E-state index contributed by atoms with van der Waals surface area (Å²) >= 11 is 5.82. The molecule has 1 N–H and O–H groups in total. The van der Waals surface area contributed by atoms with E-state index in [1.807, 2.05) is 6.07 Å². The third-order valence-corrected chi connectivity index (χ3v) is 4.94. The van der Waals surface area contributed by atoms with Crippen LogP contribution in [0, 0.1) is 0 Å². The number of nitrogens with one attached hydrogen (secondary N) is 1. The van der Waals surface area contributed by atoms with Gasteiger partial charge in [0.2, 0.25) is 0 Å². The maximum Gasteiger partial charge on any atom is 0.339 e. The van der Waals surface area contributed by atoms with Gasteiger partial charge in [0.25, 0.3) is 5.91 Å². The van der Waals surface area contributed by atoms with E-state index in [1.54, 1.807) is 36.4 Å². The van der Waals surface area contributed by atoms with E-state index in [1.165, 1.54) is 0 Å². The molecule has 1 aliphatic carbocycles. The normalized spacial score (nSPS) is 13.2. The van der Waals surface area contributed by atoms with Gasteiger partial charge in [0.05, 0.1) is 0 Å². The number of hydrogen-bond donors (Lipinski definition) is 1. The molecular formula is C21H18ClNO4. The van der Waals surface area contributed by atoms with Crippen LogP contribution >= 0.6 is 11.6 Å². The van der Waals surface area contributed by atoms with Gasteiger partial charge in [-0.15, -0.1) is 0 Å². The van der Waals surface area contributed by atoms with Gasteiger partial charge < -0.3 is 14.5 Å². The van der Waals surface area contributed by atoms with Crippen molar-refractivity contribution >= 4 is 34.2 Å². The van der Waals surface area contributed by atoms with Crippen LogP contribution in [0.3, 0.4) is 0 Å². The Hall–Kier alpha value is -2.79. The van der Waals surface area contributed by atoms with Crippen LogP contribution < -0.4 is 15.7 Å². The summed E-state index contributed by atoms with van der Waals surface area (Å²) < 4.78 is 11.0. The smallest absolute Gasteiger partial charge is 0.339 e. The predicted octanol–water partition coefficient (Wildman–Crippen LogP) is 4.34. The van der Waals surface area contributed by atoms with E-state index in [9.17, 15) is 9.59 Å². The summed E-state index contributed by atoms with van der Waals surface area (Å²) in [6.07, 6.45) is 3.76. The molecule has 0 unspecified atom stereocenters. The second-order valence-electron chi connectivity index (χ2n) is 6.56. The minimum absolute atomic E-state index is 0.149. The highest BCUT2D eigenvalue weighted by atomic mass is 35.5. The molecule has 0 saturated carbocycles. The lowest BCUT2D eigenvalue weighted by Gasteiger charge is -2.16. The fraction of sp³-hybridized carbons (Fsp3) is 0.238. The Labute approximate surface area is 160 Å². The van der Waals surface area contributed by atoms with Crippen LogP contribution in [-0.4, -0.2) is 12.5 Å². The molecule has 0 bridgehead atoms. The maximum atomic E-state index is 12.2. The second kappa shape index (κ2) is 7.45. The largest absolute Gasteiger partial charge is 0.484 e. The van der Waals surface area contributed by atoms with Gasteiger partial charge in [0.1, 0.15) is 11.3 Å². The van der Waals surface area contributed by atoms with E-state index in [4.69, 9.17) is 20.8 Å². The number of carbonyl (C=O) groups is 1. The van der Waals surface area contributed by atoms with Crippen molar-refractivity contribution in [1.82, 2.24) is 0 Å². The zero-order valence-electron chi connectivity index (χ0n) is 14.6. The summed E-state index contributed by atoms with van der Waals surface area (Å²) in [5.74, 6) is 0.192. The summed E-state index contributed by atoms with van der Waals surface area (Å²) in [7, 11) is 0. The van der Waals surface area contributed by atoms with Crippen molar-refractivity contribution < 1.29 is 13.9 Å². The van der Waals surface area contributed by atoms with Gasteiger partial charge in [-0.05, 0) is 67.6 Å². The molecule has 3 aromatic rings. The van der Waals surface area contributed by atoms with E-state index < -0.39 is 0 Å². The van der Waals surface area contributed by atoms with Crippen molar-refractivity contribution in [2.75, 3.05) is 11.9 Å². The molecule has 0 aliphatic heterocycles. The molecule has 0 fully saturated rings. The van der Waals surface area contributed by atoms with Crippen molar-refractivity contribution in [3.8, 4) is 5.75 Å². The minimum atomic E-state index is -0.288. The zero-order chi connectivity index (χ0) is 18.8. The van der Waals surface area contributed by atoms with Gasteiger partial charge in [0.15, 0.2) is 6.61 Å². The first-order valence-corrected chi connectivity index (χ1v) is 9.25. The molecule has 0 radical (unpaired) electrons. The number of anilines is 1. The van der Waals surface area contributed by atoms with Crippen LogP contribution in [0.2, 0.25) is 5.02 Å². The van der Waals surface area contributed by atoms with Gasteiger partial charge in [-0.2, -0.15) is 0 Å². The average Bonchev–Trinajstić information content (AvgIpc) is 2.68. The molecule has 0 spiro atoms. The number of rotatable bonds is 4. The van der Waals surface area contributed by atoms with Crippen molar-refractivity contribution in [3.63, 3.8) is 0 Å². The lowest BCUT2D eigenvalue weighted by atomic mass is 9.91. The van der Waals surface area contributed by atoms with Crippen LogP contribution in [0.15, 0.2) is 51.7 Å². The summed E-state index contributed by atoms with van der Waals surface area (Å²) in [6.45, 7) is -0.149. The molecule has 27 heavy (non-hydrogen) atoms. The number of amides is 1. The van der Waals surface area contributed by atoms with Crippen molar-refractivity contribution in [2.45, 2.75) is 25.7 Å². The summed E-state index contributed by atoms with van der Waals surface area (Å²) in [5.41, 5.74) is 2.75. The standard InChI is InChI=1S/C21H18ClNO4/c22-13-5-7-14(8-6-13)23-20(24)12-26-15-9-10-17-16-3-1-2-4-18(16)21(25)27-19(17)11-15/h5-11H,1-4,12H2,(H,23,24). The van der Waals surface area contributed by atoms with Gasteiger partial charge >= 0.3 is 5.63 Å². The van der Waals surface area contributed by atoms with Crippen molar-refractivity contribution in [2.24, 2.45) is 0 Å². The Bertz CT molecular complexity index is 1060. The van der Waals surface area contributed by atoms with Gasteiger partial charge in [0, 0.05) is 27.7 Å². The number of benzene rings is 2. The van der Waals surface area contributed by atoms with E-state index in [2.05, 4.69) is 5.32 Å². The highest BCUT2D eigenvalue weighted by Crippen LogP contribution is 2.29. The fourth-order valence-corrected chi connectivity index (χ4v) is 3.52. The highest BCUT2D eigenvalue weighted by Gasteiger charge is 2.18. The zero-order valence-corrected chi connectivity index (χ0v) is 15.3. The van der Waals surface area contributed by atoms with E-state index in [-0.39, 0.29) is 18.1 Å². The molecular weight excluding hydrogens is 366 g/mol. The quantitative estimate of drug-likeness (QED) is 0.680. The monoisotopic (exact) mass is 383 g/mol. The average molecular weight is 384 g/mol. The Kier molecular flexibility index (Phi) is 4.86. The van der Waals surface area contributed by atoms with Crippen LogP contribution in [0.25, 0.3) is 11.0 Å². The van der Waals surface area contributed by atoms with Gasteiger partial charge in [-0.25, -0.2) is 4.79 Å². The van der Waals surface area contributed by atoms with Crippen molar-refractivity contribution in [3.05, 3.63) is 69.0 Å². The summed E-state index contributed by atoms with van der Waals surface area (Å²) in [6, 6.07) is 12.2. The molecule has 4 rings (SSSR count).